The number of ether oxygens (including phenoxy) is 2. The number of piperidine rings is 1. The smallest absolute Gasteiger partial charge is 0.407 e. The standard InChI is InChI=1S/C31H36FN3O4/c1-20(36)33-28-13-12-22(19-27(28)32)26-11-7-10-25(29(26)38-5)21-8-6-9-24(18-21)35-16-14-23(15-17-35)34-30(37)39-31(2,3)4/h6-13,18-19,23H,14-17H2,1-5H3,(H,33,36)(H,34,37). The van der Waals surface area contributed by atoms with E-state index in [1.54, 1.807) is 19.2 Å². The summed E-state index contributed by atoms with van der Waals surface area (Å²) in [4.78, 5) is 25.8. The number of amides is 2. The summed E-state index contributed by atoms with van der Waals surface area (Å²) in [6.45, 7) is 8.53. The van der Waals surface area contributed by atoms with Crippen molar-refractivity contribution in [2.24, 2.45) is 0 Å². The van der Waals surface area contributed by atoms with Crippen molar-refractivity contribution in [3.8, 4) is 28.0 Å². The summed E-state index contributed by atoms with van der Waals surface area (Å²) in [5.41, 5.74) is 3.98. The van der Waals surface area contributed by atoms with E-state index in [0.717, 1.165) is 48.3 Å². The first-order valence-electron chi connectivity index (χ1n) is 13.1. The lowest BCUT2D eigenvalue weighted by molar-refractivity contribution is -0.114. The number of nitrogens with one attached hydrogen (secondary N) is 2. The summed E-state index contributed by atoms with van der Waals surface area (Å²) in [7, 11) is 1.61. The summed E-state index contributed by atoms with van der Waals surface area (Å²) in [5.74, 6) is -0.201. The van der Waals surface area contributed by atoms with Gasteiger partial charge in [0.05, 0.1) is 12.8 Å². The van der Waals surface area contributed by atoms with Crippen LogP contribution >= 0.6 is 0 Å². The van der Waals surface area contributed by atoms with Crippen LogP contribution in [0.25, 0.3) is 22.3 Å². The van der Waals surface area contributed by atoms with Crippen molar-refractivity contribution < 1.29 is 23.5 Å². The average Bonchev–Trinajstić information content (AvgIpc) is 2.88. The van der Waals surface area contributed by atoms with Crippen molar-refractivity contribution in [1.29, 1.82) is 0 Å². The summed E-state index contributed by atoms with van der Waals surface area (Å²) in [5, 5.41) is 5.49. The van der Waals surface area contributed by atoms with E-state index in [-0.39, 0.29) is 23.7 Å². The molecular formula is C31H36FN3O4. The Morgan fingerprint density at radius 3 is 2.18 bits per heavy atom. The predicted octanol–water partition coefficient (Wildman–Crippen LogP) is 6.62. The SMILES string of the molecule is COc1c(-c2cccc(N3CCC(NC(=O)OC(C)(C)C)CC3)c2)cccc1-c1ccc(NC(C)=O)c(F)c1. The molecule has 7 nitrogen and oxygen atoms in total. The summed E-state index contributed by atoms with van der Waals surface area (Å²) in [6, 6.07) is 18.9. The first-order chi connectivity index (χ1) is 18.5. The number of halogens is 1. The van der Waals surface area contributed by atoms with Gasteiger partial charge in [-0.2, -0.15) is 0 Å². The third-order valence-electron chi connectivity index (χ3n) is 6.55. The van der Waals surface area contributed by atoms with E-state index in [1.807, 2.05) is 51.1 Å². The molecule has 39 heavy (non-hydrogen) atoms. The number of hydrogen-bond acceptors (Lipinski definition) is 5. The maximum atomic E-state index is 14.7. The largest absolute Gasteiger partial charge is 0.495 e. The number of nitrogens with zero attached hydrogens (tertiary/aromatic N) is 1. The molecule has 8 heteroatoms. The Balaban J connectivity index is 1.52. The highest BCUT2D eigenvalue weighted by molar-refractivity contribution is 5.90. The fourth-order valence-corrected chi connectivity index (χ4v) is 4.81. The molecule has 0 bridgehead atoms. The average molecular weight is 534 g/mol. The Bertz CT molecular complexity index is 1340. The van der Waals surface area contributed by atoms with Crippen LogP contribution in [0.3, 0.4) is 0 Å². The quantitative estimate of drug-likeness (QED) is 0.372. The fourth-order valence-electron chi connectivity index (χ4n) is 4.81. The van der Waals surface area contributed by atoms with Gasteiger partial charge in [0.15, 0.2) is 0 Å². The minimum atomic E-state index is -0.520. The number of alkyl carbamates (subject to hydrolysis) is 1. The molecule has 1 saturated heterocycles. The van der Waals surface area contributed by atoms with Gasteiger partial charge >= 0.3 is 6.09 Å². The molecule has 2 N–H and O–H groups in total. The lowest BCUT2D eigenvalue weighted by atomic mass is 9.96. The number of carbonyl (C=O) groups excluding carboxylic acids is 2. The predicted molar refractivity (Wildman–Crippen MR) is 153 cm³/mol. The van der Waals surface area contributed by atoms with Crippen molar-refractivity contribution >= 4 is 23.4 Å². The number of carbonyl (C=O) groups is 2. The number of benzene rings is 3. The molecule has 1 aliphatic heterocycles. The molecule has 3 aromatic rings. The summed E-state index contributed by atoms with van der Waals surface area (Å²) < 4.78 is 25.9. The minimum Gasteiger partial charge on any atom is -0.495 e. The van der Waals surface area contributed by atoms with Crippen molar-refractivity contribution in [2.75, 3.05) is 30.4 Å². The molecule has 3 aromatic carbocycles. The highest BCUT2D eigenvalue weighted by Gasteiger charge is 2.24. The van der Waals surface area contributed by atoms with Gasteiger partial charge in [0.2, 0.25) is 5.91 Å². The van der Waals surface area contributed by atoms with Crippen molar-refractivity contribution in [2.45, 2.75) is 52.2 Å². The van der Waals surface area contributed by atoms with E-state index in [1.165, 1.54) is 13.0 Å². The van der Waals surface area contributed by atoms with Crippen molar-refractivity contribution in [1.82, 2.24) is 5.32 Å². The Hall–Kier alpha value is -4.07. The van der Waals surface area contributed by atoms with E-state index in [2.05, 4.69) is 27.7 Å². The molecule has 1 heterocycles. The maximum Gasteiger partial charge on any atom is 0.407 e. The van der Waals surface area contributed by atoms with Gasteiger partial charge in [-0.1, -0.05) is 36.4 Å². The number of para-hydroxylation sites is 1. The molecule has 0 atom stereocenters. The first-order valence-corrected chi connectivity index (χ1v) is 13.1. The Morgan fingerprint density at radius 1 is 0.949 bits per heavy atom. The van der Waals surface area contributed by atoms with Crippen LogP contribution in [0.5, 0.6) is 5.75 Å². The zero-order valence-corrected chi connectivity index (χ0v) is 23.1. The molecule has 4 rings (SSSR count). The number of anilines is 2. The zero-order valence-electron chi connectivity index (χ0n) is 23.1. The molecule has 0 spiro atoms. The van der Waals surface area contributed by atoms with Crippen molar-refractivity contribution in [3.05, 3.63) is 66.5 Å². The highest BCUT2D eigenvalue weighted by Crippen LogP contribution is 2.40. The van der Waals surface area contributed by atoms with Gasteiger partial charge in [0.1, 0.15) is 17.2 Å². The molecule has 1 aliphatic rings. The van der Waals surface area contributed by atoms with E-state index in [9.17, 15) is 14.0 Å². The van der Waals surface area contributed by atoms with Crippen LogP contribution in [-0.2, 0) is 9.53 Å². The first kappa shape index (κ1) is 28.0. The van der Waals surface area contributed by atoms with Gasteiger partial charge in [-0.05, 0) is 69.0 Å². The Kier molecular flexibility index (Phi) is 8.43. The van der Waals surface area contributed by atoms with E-state index >= 15 is 0 Å². The summed E-state index contributed by atoms with van der Waals surface area (Å²) >= 11 is 0. The van der Waals surface area contributed by atoms with Crippen LogP contribution in [0.15, 0.2) is 60.7 Å². The van der Waals surface area contributed by atoms with Crippen LogP contribution < -0.4 is 20.3 Å². The van der Waals surface area contributed by atoms with Crippen LogP contribution in [0, 0.1) is 5.82 Å². The molecule has 0 radical (unpaired) electrons. The maximum absolute atomic E-state index is 14.7. The lowest BCUT2D eigenvalue weighted by Crippen LogP contribution is -2.46. The molecule has 2 amide bonds. The normalized spacial score (nSPS) is 14.1. The second-order valence-electron chi connectivity index (χ2n) is 10.7. The second kappa shape index (κ2) is 11.8. The highest BCUT2D eigenvalue weighted by atomic mass is 19.1. The molecule has 0 saturated carbocycles. The van der Waals surface area contributed by atoms with Gasteiger partial charge < -0.3 is 25.0 Å². The number of methoxy groups -OCH3 is 1. The van der Waals surface area contributed by atoms with Gasteiger partial charge in [-0.15, -0.1) is 0 Å². The molecule has 0 aliphatic carbocycles. The minimum absolute atomic E-state index is 0.0773. The third-order valence-corrected chi connectivity index (χ3v) is 6.55. The Morgan fingerprint density at radius 2 is 1.59 bits per heavy atom. The second-order valence-corrected chi connectivity index (χ2v) is 10.7. The van der Waals surface area contributed by atoms with Gasteiger partial charge in [-0.25, -0.2) is 9.18 Å². The van der Waals surface area contributed by atoms with E-state index < -0.39 is 11.4 Å². The number of rotatable bonds is 6. The molecular weight excluding hydrogens is 497 g/mol. The van der Waals surface area contributed by atoms with Crippen LogP contribution in [0.4, 0.5) is 20.6 Å². The van der Waals surface area contributed by atoms with Gasteiger partial charge in [0.25, 0.3) is 0 Å². The fraction of sp³-hybridized carbons (Fsp3) is 0.355. The molecule has 0 aromatic heterocycles. The zero-order chi connectivity index (χ0) is 28.2. The van der Waals surface area contributed by atoms with Gasteiger partial charge in [-0.3, -0.25) is 4.79 Å². The van der Waals surface area contributed by atoms with Crippen LogP contribution in [0.2, 0.25) is 0 Å². The topological polar surface area (TPSA) is 79.9 Å². The van der Waals surface area contributed by atoms with Gasteiger partial charge in [0, 0.05) is 42.9 Å². The van der Waals surface area contributed by atoms with Crippen molar-refractivity contribution in [3.63, 3.8) is 0 Å². The van der Waals surface area contributed by atoms with Crippen LogP contribution in [-0.4, -0.2) is 43.8 Å². The van der Waals surface area contributed by atoms with Crippen LogP contribution in [0.1, 0.15) is 40.5 Å². The molecule has 206 valence electrons. The summed E-state index contributed by atoms with van der Waals surface area (Å²) in [6.07, 6.45) is 1.27. The Labute approximate surface area is 229 Å². The van der Waals surface area contributed by atoms with E-state index in [0.29, 0.717) is 11.3 Å². The third kappa shape index (κ3) is 7.07. The lowest BCUT2D eigenvalue weighted by Gasteiger charge is -2.34. The monoisotopic (exact) mass is 533 g/mol. The number of hydrogen-bond donors (Lipinski definition) is 2. The molecule has 0 unspecified atom stereocenters. The van der Waals surface area contributed by atoms with E-state index in [4.69, 9.17) is 9.47 Å². The molecule has 1 fully saturated rings.